The van der Waals surface area contributed by atoms with Gasteiger partial charge in [-0.1, -0.05) is 11.6 Å². The van der Waals surface area contributed by atoms with Crippen LogP contribution in [0.15, 0.2) is 12.1 Å². The van der Waals surface area contributed by atoms with E-state index in [0.717, 1.165) is 21.9 Å². The Bertz CT molecular complexity index is 665. The van der Waals surface area contributed by atoms with E-state index in [9.17, 15) is 18.8 Å². The number of halogens is 2. The van der Waals surface area contributed by atoms with E-state index in [0.29, 0.717) is 4.90 Å². The lowest BCUT2D eigenvalue weighted by Crippen LogP contribution is -2.62. The SMILES string of the molecule is CN1C(=O)N(c2cc(C(=O)O)c(Cl)cc2F)C(=O)N(C)C1S. The van der Waals surface area contributed by atoms with Gasteiger partial charge in [-0.05, 0) is 12.1 Å². The van der Waals surface area contributed by atoms with E-state index in [4.69, 9.17) is 16.7 Å². The molecule has 1 aliphatic rings. The van der Waals surface area contributed by atoms with E-state index in [-0.39, 0.29) is 5.02 Å². The van der Waals surface area contributed by atoms with Crippen molar-refractivity contribution in [2.24, 2.45) is 0 Å². The van der Waals surface area contributed by atoms with Crippen molar-refractivity contribution >= 4 is 47.9 Å². The summed E-state index contributed by atoms with van der Waals surface area (Å²) < 4.78 is 14.1. The number of rotatable bonds is 2. The van der Waals surface area contributed by atoms with Crippen LogP contribution < -0.4 is 4.90 Å². The molecule has 0 atom stereocenters. The maximum Gasteiger partial charge on any atom is 0.337 e. The predicted octanol–water partition coefficient (Wildman–Crippen LogP) is 2.31. The maximum atomic E-state index is 14.1. The molecule has 22 heavy (non-hydrogen) atoms. The van der Waals surface area contributed by atoms with Crippen molar-refractivity contribution in [2.45, 2.75) is 5.50 Å². The van der Waals surface area contributed by atoms with Gasteiger partial charge in [0, 0.05) is 14.1 Å². The van der Waals surface area contributed by atoms with E-state index >= 15 is 0 Å². The summed E-state index contributed by atoms with van der Waals surface area (Å²) in [6.07, 6.45) is 0. The van der Waals surface area contributed by atoms with E-state index in [1.807, 2.05) is 0 Å². The number of benzene rings is 1. The lowest BCUT2D eigenvalue weighted by Gasteiger charge is -2.41. The Morgan fingerprint density at radius 3 is 2.23 bits per heavy atom. The van der Waals surface area contributed by atoms with Crippen molar-refractivity contribution in [2.75, 3.05) is 19.0 Å². The van der Waals surface area contributed by atoms with E-state index in [1.54, 1.807) is 0 Å². The molecule has 0 bridgehead atoms. The molecule has 118 valence electrons. The molecule has 1 heterocycles. The van der Waals surface area contributed by atoms with Crippen molar-refractivity contribution in [3.8, 4) is 0 Å². The average molecular weight is 348 g/mol. The molecule has 7 nitrogen and oxygen atoms in total. The number of thiol groups is 1. The monoisotopic (exact) mass is 347 g/mol. The Morgan fingerprint density at radius 1 is 1.27 bits per heavy atom. The van der Waals surface area contributed by atoms with Crippen LogP contribution in [0, 0.1) is 5.82 Å². The molecule has 1 fully saturated rings. The van der Waals surface area contributed by atoms with E-state index in [2.05, 4.69) is 12.6 Å². The second-order valence-corrected chi connectivity index (χ2v) is 5.43. The molecule has 0 saturated carbocycles. The summed E-state index contributed by atoms with van der Waals surface area (Å²) in [5, 5.41) is 8.70. The van der Waals surface area contributed by atoms with Crippen LogP contribution in [0.5, 0.6) is 0 Å². The summed E-state index contributed by atoms with van der Waals surface area (Å²) in [6, 6.07) is -0.0781. The second-order valence-electron chi connectivity index (χ2n) is 4.56. The molecule has 0 aliphatic carbocycles. The molecule has 1 aromatic rings. The third-order valence-corrected chi connectivity index (χ3v) is 4.19. The first kappa shape index (κ1) is 16.4. The van der Waals surface area contributed by atoms with Crippen LogP contribution in [0.25, 0.3) is 0 Å². The Labute approximate surface area is 135 Å². The van der Waals surface area contributed by atoms with Gasteiger partial charge < -0.3 is 5.11 Å². The summed E-state index contributed by atoms with van der Waals surface area (Å²) in [5.41, 5.74) is -1.72. The fraction of sp³-hybridized carbons (Fsp3) is 0.250. The number of carboxylic acid groups (broad SMARTS) is 1. The van der Waals surface area contributed by atoms with Crippen molar-refractivity contribution in [1.29, 1.82) is 0 Å². The Balaban J connectivity index is 2.59. The standard InChI is InChI=1S/C12H11ClFN3O4S/c1-15-10(20)17(11(21)16(2)12(15)22)8-3-5(9(18)19)6(13)4-7(8)14/h3-4,12,22H,1-2H3,(H,18,19). The summed E-state index contributed by atoms with van der Waals surface area (Å²) in [4.78, 5) is 38.2. The zero-order chi connectivity index (χ0) is 16.8. The van der Waals surface area contributed by atoms with Crippen LogP contribution in [-0.2, 0) is 0 Å². The predicted molar refractivity (Wildman–Crippen MR) is 79.9 cm³/mol. The normalized spacial score (nSPS) is 16.5. The van der Waals surface area contributed by atoms with Gasteiger partial charge in [0.2, 0.25) is 0 Å². The largest absolute Gasteiger partial charge is 0.478 e. The number of amides is 4. The van der Waals surface area contributed by atoms with E-state index in [1.165, 1.54) is 14.1 Å². The summed E-state index contributed by atoms with van der Waals surface area (Å²) in [5.74, 6) is -2.40. The van der Waals surface area contributed by atoms with Crippen molar-refractivity contribution in [3.63, 3.8) is 0 Å². The summed E-state index contributed by atoms with van der Waals surface area (Å²) in [7, 11) is 2.75. The zero-order valence-corrected chi connectivity index (χ0v) is 13.1. The quantitative estimate of drug-likeness (QED) is 0.804. The lowest BCUT2D eigenvalue weighted by molar-refractivity contribution is 0.0696. The summed E-state index contributed by atoms with van der Waals surface area (Å²) in [6.45, 7) is 0. The van der Waals surface area contributed by atoms with Gasteiger partial charge in [-0.2, -0.15) is 0 Å². The van der Waals surface area contributed by atoms with Crippen LogP contribution >= 0.6 is 24.2 Å². The first-order chi connectivity index (χ1) is 10.2. The zero-order valence-electron chi connectivity index (χ0n) is 11.4. The molecule has 0 spiro atoms. The molecule has 0 aromatic heterocycles. The highest BCUT2D eigenvalue weighted by Crippen LogP contribution is 2.31. The Morgan fingerprint density at radius 2 is 1.77 bits per heavy atom. The van der Waals surface area contributed by atoms with Gasteiger partial charge in [0.1, 0.15) is 5.82 Å². The third-order valence-electron chi connectivity index (χ3n) is 3.19. The Hall–Kier alpha value is -2.00. The van der Waals surface area contributed by atoms with Gasteiger partial charge in [0.15, 0.2) is 5.50 Å². The van der Waals surface area contributed by atoms with Gasteiger partial charge in [-0.25, -0.2) is 23.7 Å². The van der Waals surface area contributed by atoms with Gasteiger partial charge in [0.25, 0.3) is 0 Å². The number of nitrogens with zero attached hydrogens (tertiary/aromatic N) is 3. The summed E-state index contributed by atoms with van der Waals surface area (Å²) >= 11 is 9.74. The van der Waals surface area contributed by atoms with Crippen LogP contribution in [0.1, 0.15) is 10.4 Å². The van der Waals surface area contributed by atoms with Crippen molar-refractivity contribution in [3.05, 3.63) is 28.5 Å². The molecule has 2 rings (SSSR count). The minimum atomic E-state index is -1.41. The highest BCUT2D eigenvalue weighted by Gasteiger charge is 2.41. The van der Waals surface area contributed by atoms with Gasteiger partial charge >= 0.3 is 18.0 Å². The molecule has 10 heteroatoms. The smallest absolute Gasteiger partial charge is 0.337 e. The fourth-order valence-electron chi connectivity index (χ4n) is 1.93. The van der Waals surface area contributed by atoms with Crippen LogP contribution in [-0.4, -0.2) is 52.5 Å². The lowest BCUT2D eigenvalue weighted by atomic mass is 10.1. The molecular formula is C12H11ClFN3O4S. The fourth-order valence-corrected chi connectivity index (χ4v) is 2.36. The molecule has 0 radical (unpaired) electrons. The molecular weight excluding hydrogens is 337 g/mol. The minimum Gasteiger partial charge on any atom is -0.478 e. The average Bonchev–Trinajstić information content (AvgIpc) is 2.45. The van der Waals surface area contributed by atoms with Crippen molar-refractivity contribution in [1.82, 2.24) is 9.80 Å². The topological polar surface area (TPSA) is 81.2 Å². The first-order valence-electron chi connectivity index (χ1n) is 5.91. The number of carboxylic acids is 1. The first-order valence-corrected chi connectivity index (χ1v) is 6.80. The number of urea groups is 2. The molecule has 1 N–H and O–H groups in total. The van der Waals surface area contributed by atoms with Crippen LogP contribution in [0.3, 0.4) is 0 Å². The van der Waals surface area contributed by atoms with Gasteiger partial charge in [-0.15, -0.1) is 12.6 Å². The molecule has 1 aliphatic heterocycles. The number of hydrogen-bond acceptors (Lipinski definition) is 4. The number of anilines is 1. The number of carbonyl (C=O) groups excluding carboxylic acids is 2. The van der Waals surface area contributed by atoms with E-state index < -0.39 is 40.6 Å². The minimum absolute atomic E-state index is 0.334. The highest BCUT2D eigenvalue weighted by molar-refractivity contribution is 7.80. The van der Waals surface area contributed by atoms with Crippen LogP contribution in [0.2, 0.25) is 5.02 Å². The third kappa shape index (κ3) is 2.46. The Kier molecular flexibility index (Phi) is 4.21. The molecule has 4 amide bonds. The number of carbonyl (C=O) groups is 3. The number of hydrogen-bond donors (Lipinski definition) is 2. The molecule has 1 saturated heterocycles. The number of aromatic carboxylic acids is 1. The second kappa shape index (κ2) is 5.65. The van der Waals surface area contributed by atoms with Gasteiger partial charge in [0.05, 0.1) is 16.3 Å². The molecule has 1 aromatic carbocycles. The molecule has 0 unspecified atom stereocenters. The van der Waals surface area contributed by atoms with Gasteiger partial charge in [-0.3, -0.25) is 9.80 Å². The van der Waals surface area contributed by atoms with Crippen LogP contribution in [0.4, 0.5) is 19.7 Å². The number of imide groups is 1. The maximum absolute atomic E-state index is 14.1. The highest BCUT2D eigenvalue weighted by atomic mass is 35.5. The van der Waals surface area contributed by atoms with Crippen molar-refractivity contribution < 1.29 is 23.9 Å².